The number of hydrogen-bond donors (Lipinski definition) is 1. The Morgan fingerprint density at radius 3 is 1.91 bits per heavy atom. The van der Waals surface area contributed by atoms with E-state index in [0.29, 0.717) is 6.42 Å². The Hall–Kier alpha value is -4.20. The molecular formula is C36H39NO5Si. The van der Waals surface area contributed by atoms with Gasteiger partial charge >= 0.3 is 14.4 Å². The first-order valence-corrected chi connectivity index (χ1v) is 16.7. The molecular weight excluding hydrogens is 554 g/mol. The molecule has 1 heterocycles. The molecule has 4 aromatic rings. The predicted octanol–water partition coefficient (Wildman–Crippen LogP) is 5.37. The lowest BCUT2D eigenvalue weighted by atomic mass is 9.97. The van der Waals surface area contributed by atoms with Gasteiger partial charge in [0, 0.05) is 0 Å². The van der Waals surface area contributed by atoms with E-state index in [0.717, 1.165) is 16.9 Å². The second kappa shape index (κ2) is 13.0. The van der Waals surface area contributed by atoms with Gasteiger partial charge < -0.3 is 14.3 Å². The van der Waals surface area contributed by atoms with Crippen LogP contribution in [0.4, 0.5) is 4.79 Å². The fourth-order valence-electron chi connectivity index (χ4n) is 6.00. The summed E-state index contributed by atoms with van der Waals surface area (Å²) in [5.74, 6) is -0.443. The third kappa shape index (κ3) is 6.43. The van der Waals surface area contributed by atoms with Crippen molar-refractivity contribution in [2.75, 3.05) is 13.2 Å². The Morgan fingerprint density at radius 1 is 0.860 bits per heavy atom. The van der Waals surface area contributed by atoms with Gasteiger partial charge in [0.1, 0.15) is 12.4 Å². The van der Waals surface area contributed by atoms with Crippen LogP contribution in [0.25, 0.3) is 0 Å². The van der Waals surface area contributed by atoms with Gasteiger partial charge in [0.15, 0.2) is 0 Å². The topological polar surface area (TPSA) is 76.1 Å². The first-order valence-electron chi connectivity index (χ1n) is 14.8. The second-order valence-corrected chi connectivity index (χ2v) is 16.3. The molecule has 1 saturated heterocycles. The summed E-state index contributed by atoms with van der Waals surface area (Å²) in [7, 11) is -2.78. The number of benzene rings is 4. The quantitative estimate of drug-likeness (QED) is 0.251. The van der Waals surface area contributed by atoms with Crippen LogP contribution in [0.15, 0.2) is 115 Å². The number of carbonyl (C=O) groups is 2. The van der Waals surface area contributed by atoms with Crippen LogP contribution in [-0.4, -0.2) is 49.6 Å². The van der Waals surface area contributed by atoms with Crippen molar-refractivity contribution in [2.24, 2.45) is 5.92 Å². The number of amides is 2. The van der Waals surface area contributed by atoms with Crippen LogP contribution in [0.2, 0.25) is 5.04 Å². The summed E-state index contributed by atoms with van der Waals surface area (Å²) in [4.78, 5) is 27.3. The maximum Gasteiger partial charge on any atom is 0.416 e. The number of aliphatic hydroxyl groups is 1. The minimum absolute atomic E-state index is 0.145. The highest BCUT2D eigenvalue weighted by molar-refractivity contribution is 7.00. The highest BCUT2D eigenvalue weighted by Crippen LogP contribution is 2.37. The van der Waals surface area contributed by atoms with E-state index in [9.17, 15) is 14.7 Å². The molecule has 6 nitrogen and oxygen atoms in total. The molecule has 1 aliphatic rings. The molecule has 0 unspecified atom stereocenters. The van der Waals surface area contributed by atoms with Gasteiger partial charge in [-0.3, -0.25) is 4.79 Å². The van der Waals surface area contributed by atoms with Gasteiger partial charge in [-0.05, 0) is 51.5 Å². The Labute approximate surface area is 255 Å². The van der Waals surface area contributed by atoms with Crippen molar-refractivity contribution in [3.8, 4) is 5.75 Å². The lowest BCUT2D eigenvalue weighted by molar-refractivity contribution is -0.134. The number of aliphatic hydroxyl groups excluding tert-OH is 1. The maximum atomic E-state index is 13.5. The van der Waals surface area contributed by atoms with Crippen molar-refractivity contribution >= 4 is 30.7 Å². The predicted molar refractivity (Wildman–Crippen MR) is 171 cm³/mol. The molecule has 0 aliphatic carbocycles. The van der Waals surface area contributed by atoms with E-state index in [2.05, 4.69) is 69.3 Å². The minimum Gasteiger partial charge on any atom is -0.534 e. The van der Waals surface area contributed by atoms with E-state index >= 15 is 0 Å². The highest BCUT2D eigenvalue weighted by Gasteiger charge is 2.52. The summed E-state index contributed by atoms with van der Waals surface area (Å²) in [5.41, 5.74) is 1.88. The Kier molecular flexibility index (Phi) is 9.13. The lowest BCUT2D eigenvalue weighted by Gasteiger charge is -2.43. The number of ether oxygens (including phenoxy) is 1. The molecule has 0 saturated carbocycles. The van der Waals surface area contributed by atoms with Crippen LogP contribution < -0.4 is 14.8 Å². The molecule has 0 radical (unpaired) electrons. The molecule has 2 amide bonds. The summed E-state index contributed by atoms with van der Waals surface area (Å²) in [6, 6.07) is 38.0. The fourth-order valence-corrected chi connectivity index (χ4v) is 10.4. The van der Waals surface area contributed by atoms with E-state index in [1.54, 1.807) is 0 Å². The SMILES string of the molecule is CC(C)(C)[Si](Oc1ccc(C[C@@H](CO)C(=O)N2C(=O)OC[C@H]2Cc2ccccc2)cc1)(c1ccccc1)c1ccccc1. The van der Waals surface area contributed by atoms with E-state index in [1.165, 1.54) is 15.3 Å². The third-order valence-corrected chi connectivity index (χ3v) is 13.1. The van der Waals surface area contributed by atoms with Gasteiger partial charge in [0.25, 0.3) is 0 Å². The van der Waals surface area contributed by atoms with Crippen molar-refractivity contribution in [2.45, 2.75) is 44.7 Å². The van der Waals surface area contributed by atoms with Crippen molar-refractivity contribution in [1.29, 1.82) is 0 Å². The maximum absolute atomic E-state index is 13.5. The number of carbonyl (C=O) groups excluding carboxylic acids is 2. The first-order chi connectivity index (χ1) is 20.7. The summed E-state index contributed by atoms with van der Waals surface area (Å²) in [5, 5.41) is 12.4. The molecule has 43 heavy (non-hydrogen) atoms. The number of cyclic esters (lactones) is 1. The molecule has 0 aromatic heterocycles. The van der Waals surface area contributed by atoms with Gasteiger partial charge in [0.05, 0.1) is 18.6 Å². The Bertz CT molecular complexity index is 1470. The van der Waals surface area contributed by atoms with Gasteiger partial charge in [-0.2, -0.15) is 0 Å². The first kappa shape index (κ1) is 30.3. The minimum atomic E-state index is -2.78. The standard InChI is InChI=1S/C36H39NO5Si/c1-36(2,3)43(32-15-9-5-10-16-32,33-17-11-6-12-18-33)42-31-21-19-28(20-22-31)23-29(25-38)34(39)37-30(26-41-35(37)40)24-27-13-7-4-8-14-27/h4-22,29-30,38H,23-26H2,1-3H3/t29-,30+/m0/s1. The van der Waals surface area contributed by atoms with Crippen LogP contribution in [0.3, 0.4) is 0 Å². The normalized spacial score (nSPS) is 16.0. The molecule has 1 N–H and O–H groups in total. The van der Waals surface area contributed by atoms with Gasteiger partial charge in [-0.1, -0.05) is 124 Å². The zero-order valence-electron chi connectivity index (χ0n) is 25.0. The van der Waals surface area contributed by atoms with Crippen molar-refractivity contribution in [3.05, 3.63) is 126 Å². The third-order valence-electron chi connectivity index (χ3n) is 8.18. The molecule has 2 atom stereocenters. The number of nitrogens with zero attached hydrogens (tertiary/aromatic N) is 1. The zero-order chi connectivity index (χ0) is 30.5. The van der Waals surface area contributed by atoms with Crippen LogP contribution in [-0.2, 0) is 22.4 Å². The fraction of sp³-hybridized carbons (Fsp3) is 0.278. The lowest BCUT2D eigenvalue weighted by Crippen LogP contribution is -2.68. The average molecular weight is 594 g/mol. The molecule has 4 aromatic carbocycles. The smallest absolute Gasteiger partial charge is 0.416 e. The van der Waals surface area contributed by atoms with Crippen molar-refractivity contribution in [1.82, 2.24) is 4.90 Å². The second-order valence-electron chi connectivity index (χ2n) is 12.1. The number of imide groups is 1. The van der Waals surface area contributed by atoms with Crippen LogP contribution in [0, 0.1) is 5.92 Å². The molecule has 7 heteroatoms. The molecule has 1 fully saturated rings. The monoisotopic (exact) mass is 593 g/mol. The van der Waals surface area contributed by atoms with E-state index in [1.807, 2.05) is 66.7 Å². The molecule has 0 bridgehead atoms. The molecule has 1 aliphatic heterocycles. The van der Waals surface area contributed by atoms with Gasteiger partial charge in [-0.15, -0.1) is 0 Å². The van der Waals surface area contributed by atoms with E-state index in [-0.39, 0.29) is 24.7 Å². The molecule has 5 rings (SSSR count). The summed E-state index contributed by atoms with van der Waals surface area (Å²) < 4.78 is 12.3. The molecule has 0 spiro atoms. The average Bonchev–Trinajstić information content (AvgIpc) is 3.39. The van der Waals surface area contributed by atoms with E-state index < -0.39 is 32.3 Å². The van der Waals surface area contributed by atoms with Gasteiger partial charge in [-0.25, -0.2) is 9.69 Å². The zero-order valence-corrected chi connectivity index (χ0v) is 26.0. The van der Waals surface area contributed by atoms with Crippen LogP contribution in [0.1, 0.15) is 31.9 Å². The number of rotatable bonds is 10. The van der Waals surface area contributed by atoms with Crippen molar-refractivity contribution < 1.29 is 23.9 Å². The summed E-state index contributed by atoms with van der Waals surface area (Å²) in [6.45, 7) is 6.48. The van der Waals surface area contributed by atoms with Crippen molar-refractivity contribution in [3.63, 3.8) is 0 Å². The van der Waals surface area contributed by atoms with E-state index in [4.69, 9.17) is 9.16 Å². The van der Waals surface area contributed by atoms with Crippen LogP contribution in [0.5, 0.6) is 5.75 Å². The Morgan fingerprint density at radius 2 is 1.40 bits per heavy atom. The summed E-state index contributed by atoms with van der Waals surface area (Å²) in [6.07, 6.45) is 0.139. The van der Waals surface area contributed by atoms with Crippen LogP contribution >= 0.6 is 0 Å². The molecule has 222 valence electrons. The highest BCUT2D eigenvalue weighted by atomic mass is 28.4. The largest absolute Gasteiger partial charge is 0.534 e. The number of hydrogen-bond acceptors (Lipinski definition) is 5. The van der Waals surface area contributed by atoms with Gasteiger partial charge in [0.2, 0.25) is 5.91 Å². The Balaban J connectivity index is 1.36. The summed E-state index contributed by atoms with van der Waals surface area (Å²) >= 11 is 0.